The number of aromatic amines is 1. The van der Waals surface area contributed by atoms with Crippen LogP contribution < -0.4 is 0 Å². The third kappa shape index (κ3) is 2.82. The van der Waals surface area contributed by atoms with Crippen LogP contribution in [0.1, 0.15) is 18.7 Å². The predicted molar refractivity (Wildman–Crippen MR) is 51.5 cm³/mol. The van der Waals surface area contributed by atoms with Crippen molar-refractivity contribution in [3.8, 4) is 0 Å². The molecule has 0 aliphatic carbocycles. The van der Waals surface area contributed by atoms with Crippen molar-refractivity contribution in [2.24, 2.45) is 0 Å². The van der Waals surface area contributed by atoms with Crippen molar-refractivity contribution in [1.29, 1.82) is 0 Å². The number of likely N-dealkylation sites (N-methyl/N-ethyl adjacent to an activating group) is 1. The van der Waals surface area contributed by atoms with Crippen LogP contribution in [0, 0.1) is 0 Å². The van der Waals surface area contributed by atoms with Gasteiger partial charge in [0.05, 0.1) is 5.69 Å². The van der Waals surface area contributed by atoms with Crippen molar-refractivity contribution in [3.63, 3.8) is 0 Å². The lowest BCUT2D eigenvalue weighted by atomic mass is 10.2. The van der Waals surface area contributed by atoms with Gasteiger partial charge in [0.15, 0.2) is 0 Å². The Bertz CT molecular complexity index is 223. The SMILES string of the molecule is CCN(C)CC(OC)c1ccn[nH]1. The van der Waals surface area contributed by atoms with Gasteiger partial charge in [0.2, 0.25) is 0 Å². The maximum Gasteiger partial charge on any atom is 0.111 e. The quantitative estimate of drug-likeness (QED) is 0.741. The maximum absolute atomic E-state index is 5.35. The third-order valence-electron chi connectivity index (χ3n) is 2.17. The van der Waals surface area contributed by atoms with E-state index in [0.717, 1.165) is 18.8 Å². The lowest BCUT2D eigenvalue weighted by Gasteiger charge is -2.20. The summed E-state index contributed by atoms with van der Waals surface area (Å²) in [6.07, 6.45) is 1.83. The molecule has 0 amide bonds. The summed E-state index contributed by atoms with van der Waals surface area (Å²) in [6, 6.07) is 1.94. The van der Waals surface area contributed by atoms with E-state index < -0.39 is 0 Å². The lowest BCUT2D eigenvalue weighted by molar-refractivity contribution is 0.0699. The van der Waals surface area contributed by atoms with E-state index in [9.17, 15) is 0 Å². The molecule has 0 saturated carbocycles. The summed E-state index contributed by atoms with van der Waals surface area (Å²) in [4.78, 5) is 2.20. The second-order valence-corrected chi connectivity index (χ2v) is 3.09. The van der Waals surface area contributed by atoms with Gasteiger partial charge in [-0.3, -0.25) is 5.10 Å². The molecule has 1 atom stereocenters. The molecule has 0 fully saturated rings. The summed E-state index contributed by atoms with van der Waals surface area (Å²) in [5.41, 5.74) is 1.03. The Morgan fingerprint density at radius 2 is 2.46 bits per heavy atom. The highest BCUT2D eigenvalue weighted by molar-refractivity contribution is 5.02. The predicted octanol–water partition coefficient (Wildman–Crippen LogP) is 1.05. The molecule has 0 aliphatic heterocycles. The molecule has 0 spiro atoms. The zero-order valence-electron chi connectivity index (χ0n) is 8.45. The van der Waals surface area contributed by atoms with Gasteiger partial charge in [-0.05, 0) is 19.7 Å². The number of hydrogen-bond donors (Lipinski definition) is 1. The molecule has 0 aromatic carbocycles. The molecule has 74 valence electrons. The van der Waals surface area contributed by atoms with Crippen LogP contribution in [0.2, 0.25) is 0 Å². The van der Waals surface area contributed by atoms with Gasteiger partial charge in [-0.1, -0.05) is 6.92 Å². The van der Waals surface area contributed by atoms with E-state index >= 15 is 0 Å². The van der Waals surface area contributed by atoms with Crippen molar-refractivity contribution >= 4 is 0 Å². The van der Waals surface area contributed by atoms with Crippen LogP contribution in [0.15, 0.2) is 12.3 Å². The Morgan fingerprint density at radius 1 is 1.69 bits per heavy atom. The van der Waals surface area contributed by atoms with Crippen LogP contribution in [0.3, 0.4) is 0 Å². The van der Waals surface area contributed by atoms with Crippen molar-refractivity contribution < 1.29 is 4.74 Å². The molecule has 4 heteroatoms. The first-order valence-electron chi connectivity index (χ1n) is 4.48. The minimum Gasteiger partial charge on any atom is -0.374 e. The van der Waals surface area contributed by atoms with Crippen molar-refractivity contribution in [2.45, 2.75) is 13.0 Å². The molecule has 1 aromatic rings. The minimum absolute atomic E-state index is 0.0902. The van der Waals surface area contributed by atoms with Gasteiger partial charge < -0.3 is 9.64 Å². The molecule has 1 heterocycles. The Morgan fingerprint density at radius 3 is 2.92 bits per heavy atom. The average Bonchev–Trinajstić information content (AvgIpc) is 2.66. The Hall–Kier alpha value is -0.870. The van der Waals surface area contributed by atoms with Crippen LogP contribution in [-0.4, -0.2) is 42.3 Å². The summed E-state index contributed by atoms with van der Waals surface area (Å²) in [6.45, 7) is 4.03. The topological polar surface area (TPSA) is 41.1 Å². The molecule has 1 N–H and O–H groups in total. The largest absolute Gasteiger partial charge is 0.374 e. The number of nitrogens with zero attached hydrogens (tertiary/aromatic N) is 2. The van der Waals surface area contributed by atoms with E-state index in [1.165, 1.54) is 0 Å². The molecule has 1 unspecified atom stereocenters. The number of hydrogen-bond acceptors (Lipinski definition) is 3. The van der Waals surface area contributed by atoms with Gasteiger partial charge in [-0.25, -0.2) is 0 Å². The number of H-pyrrole nitrogens is 1. The van der Waals surface area contributed by atoms with Crippen LogP contribution in [0.25, 0.3) is 0 Å². The lowest BCUT2D eigenvalue weighted by Crippen LogP contribution is -2.25. The smallest absolute Gasteiger partial charge is 0.111 e. The number of ether oxygens (including phenoxy) is 1. The van der Waals surface area contributed by atoms with Crippen LogP contribution in [0.4, 0.5) is 0 Å². The minimum atomic E-state index is 0.0902. The fourth-order valence-corrected chi connectivity index (χ4v) is 1.16. The summed E-state index contributed by atoms with van der Waals surface area (Å²) in [5, 5.41) is 6.82. The first kappa shape index (κ1) is 10.2. The molecular weight excluding hydrogens is 166 g/mol. The van der Waals surface area contributed by atoms with Gasteiger partial charge in [-0.2, -0.15) is 5.10 Å². The van der Waals surface area contributed by atoms with Crippen molar-refractivity contribution in [3.05, 3.63) is 18.0 Å². The highest BCUT2D eigenvalue weighted by Crippen LogP contribution is 2.13. The van der Waals surface area contributed by atoms with E-state index in [4.69, 9.17) is 4.74 Å². The van der Waals surface area contributed by atoms with Gasteiger partial charge in [0, 0.05) is 19.9 Å². The van der Waals surface area contributed by atoms with Crippen molar-refractivity contribution in [1.82, 2.24) is 15.1 Å². The van der Waals surface area contributed by atoms with Crippen molar-refractivity contribution in [2.75, 3.05) is 27.2 Å². The number of nitrogens with one attached hydrogen (secondary N) is 1. The van der Waals surface area contributed by atoms with Crippen LogP contribution in [-0.2, 0) is 4.74 Å². The van der Waals surface area contributed by atoms with E-state index in [1.807, 2.05) is 6.07 Å². The fourth-order valence-electron chi connectivity index (χ4n) is 1.16. The van der Waals surface area contributed by atoms with Gasteiger partial charge in [0.1, 0.15) is 6.10 Å². The van der Waals surface area contributed by atoms with Gasteiger partial charge in [-0.15, -0.1) is 0 Å². The first-order chi connectivity index (χ1) is 6.27. The van der Waals surface area contributed by atoms with E-state index in [-0.39, 0.29) is 6.10 Å². The van der Waals surface area contributed by atoms with E-state index in [2.05, 4.69) is 29.1 Å². The standard InChI is InChI=1S/C9H17N3O/c1-4-12(2)7-9(13-3)8-5-6-10-11-8/h5-6,9H,4,7H2,1-3H3,(H,10,11). The second-order valence-electron chi connectivity index (χ2n) is 3.09. The summed E-state index contributed by atoms with van der Waals surface area (Å²) in [5.74, 6) is 0. The number of aromatic nitrogens is 2. The maximum atomic E-state index is 5.35. The van der Waals surface area contributed by atoms with Crippen LogP contribution in [0.5, 0.6) is 0 Å². The average molecular weight is 183 g/mol. The van der Waals surface area contributed by atoms with Crippen LogP contribution >= 0.6 is 0 Å². The first-order valence-corrected chi connectivity index (χ1v) is 4.48. The zero-order valence-corrected chi connectivity index (χ0v) is 8.45. The number of rotatable bonds is 5. The Balaban J connectivity index is 2.53. The molecule has 1 rings (SSSR count). The normalized spacial score (nSPS) is 13.5. The monoisotopic (exact) mass is 183 g/mol. The summed E-state index contributed by atoms with van der Waals surface area (Å²) in [7, 11) is 3.79. The molecule has 1 aromatic heterocycles. The Kier molecular flexibility index (Phi) is 3.92. The Labute approximate surface area is 78.9 Å². The van der Waals surface area contributed by atoms with Gasteiger partial charge >= 0.3 is 0 Å². The molecule has 0 aliphatic rings. The van der Waals surface area contributed by atoms with Gasteiger partial charge in [0.25, 0.3) is 0 Å². The zero-order chi connectivity index (χ0) is 9.68. The highest BCUT2D eigenvalue weighted by Gasteiger charge is 2.13. The third-order valence-corrected chi connectivity index (χ3v) is 2.17. The highest BCUT2D eigenvalue weighted by atomic mass is 16.5. The fraction of sp³-hybridized carbons (Fsp3) is 0.667. The summed E-state index contributed by atoms with van der Waals surface area (Å²) < 4.78 is 5.35. The molecule has 0 saturated heterocycles. The molecule has 4 nitrogen and oxygen atoms in total. The molecule has 0 bridgehead atoms. The van der Waals surface area contributed by atoms with E-state index in [1.54, 1.807) is 13.3 Å². The molecule has 13 heavy (non-hydrogen) atoms. The molecule has 0 radical (unpaired) electrons. The number of methoxy groups -OCH3 is 1. The summed E-state index contributed by atoms with van der Waals surface area (Å²) >= 11 is 0. The van der Waals surface area contributed by atoms with E-state index in [0.29, 0.717) is 0 Å². The molecular formula is C9H17N3O. The second kappa shape index (κ2) is 4.99.